The van der Waals surface area contributed by atoms with Gasteiger partial charge in [-0.3, -0.25) is 0 Å². The van der Waals surface area contributed by atoms with Crippen molar-refractivity contribution in [1.82, 2.24) is 5.32 Å². The molecule has 0 aliphatic carbocycles. The Balaban J connectivity index is 3.75. The predicted octanol–water partition coefficient (Wildman–Crippen LogP) is 0.253. The standard InChI is InChI=1S/C9H19NO4/c1-6(11)7(12)5-10-8(13)14-9(2,3)4/h6-7,11-12H,5H2,1-4H3,(H,10,13). The summed E-state index contributed by atoms with van der Waals surface area (Å²) in [7, 11) is 0. The molecular formula is C9H19NO4. The number of rotatable bonds is 3. The molecule has 2 atom stereocenters. The Hall–Kier alpha value is -0.810. The normalized spacial score (nSPS) is 15.9. The van der Waals surface area contributed by atoms with E-state index in [1.165, 1.54) is 6.92 Å². The fourth-order valence-electron chi connectivity index (χ4n) is 0.673. The predicted molar refractivity (Wildman–Crippen MR) is 51.9 cm³/mol. The molecule has 0 aliphatic heterocycles. The number of aliphatic hydroxyl groups is 2. The van der Waals surface area contributed by atoms with Crippen molar-refractivity contribution in [2.45, 2.75) is 45.5 Å². The quantitative estimate of drug-likeness (QED) is 0.617. The lowest BCUT2D eigenvalue weighted by atomic mass is 10.2. The van der Waals surface area contributed by atoms with Crippen LogP contribution in [0.3, 0.4) is 0 Å². The van der Waals surface area contributed by atoms with E-state index in [1.54, 1.807) is 20.8 Å². The molecule has 5 nitrogen and oxygen atoms in total. The molecule has 0 bridgehead atoms. The van der Waals surface area contributed by atoms with Crippen molar-refractivity contribution in [2.24, 2.45) is 0 Å². The molecule has 0 saturated carbocycles. The third kappa shape index (κ3) is 6.68. The first-order valence-electron chi connectivity index (χ1n) is 4.55. The summed E-state index contributed by atoms with van der Waals surface area (Å²) in [6.07, 6.45) is -2.44. The van der Waals surface area contributed by atoms with Crippen LogP contribution < -0.4 is 5.32 Å². The second-order valence-corrected chi connectivity index (χ2v) is 4.19. The minimum Gasteiger partial charge on any atom is -0.444 e. The molecule has 2 unspecified atom stereocenters. The Morgan fingerprint density at radius 2 is 1.93 bits per heavy atom. The van der Waals surface area contributed by atoms with Gasteiger partial charge in [0.1, 0.15) is 5.60 Å². The van der Waals surface area contributed by atoms with Crippen LogP contribution in [0.1, 0.15) is 27.7 Å². The summed E-state index contributed by atoms with van der Waals surface area (Å²) >= 11 is 0. The molecule has 0 rings (SSSR count). The van der Waals surface area contributed by atoms with E-state index in [9.17, 15) is 4.79 Å². The molecule has 0 aromatic heterocycles. The van der Waals surface area contributed by atoms with Crippen LogP contribution in [-0.4, -0.2) is 40.7 Å². The van der Waals surface area contributed by atoms with Crippen molar-refractivity contribution in [3.8, 4) is 0 Å². The number of hydrogen-bond donors (Lipinski definition) is 3. The van der Waals surface area contributed by atoms with Gasteiger partial charge in [0, 0.05) is 6.54 Å². The summed E-state index contributed by atoms with van der Waals surface area (Å²) in [6, 6.07) is 0. The molecule has 84 valence electrons. The Bertz CT molecular complexity index is 186. The van der Waals surface area contributed by atoms with E-state index in [4.69, 9.17) is 14.9 Å². The minimum atomic E-state index is -0.970. The smallest absolute Gasteiger partial charge is 0.407 e. The highest BCUT2D eigenvalue weighted by Crippen LogP contribution is 2.06. The summed E-state index contributed by atoms with van der Waals surface area (Å²) in [5, 5.41) is 20.4. The number of aliphatic hydroxyl groups excluding tert-OH is 2. The topological polar surface area (TPSA) is 78.8 Å². The van der Waals surface area contributed by atoms with Crippen LogP contribution in [0.15, 0.2) is 0 Å². The molecule has 0 aliphatic rings. The summed E-state index contributed by atoms with van der Waals surface area (Å²) < 4.78 is 4.93. The largest absolute Gasteiger partial charge is 0.444 e. The summed E-state index contributed by atoms with van der Waals surface area (Å²) in [5.74, 6) is 0. The van der Waals surface area contributed by atoms with E-state index in [0.29, 0.717) is 0 Å². The fraction of sp³-hybridized carbons (Fsp3) is 0.889. The molecule has 0 saturated heterocycles. The van der Waals surface area contributed by atoms with Gasteiger partial charge in [-0.25, -0.2) is 4.79 Å². The highest BCUT2D eigenvalue weighted by molar-refractivity contribution is 5.67. The third-order valence-electron chi connectivity index (χ3n) is 1.41. The Kier molecular flexibility index (Phi) is 4.87. The fourth-order valence-corrected chi connectivity index (χ4v) is 0.673. The van der Waals surface area contributed by atoms with Crippen LogP contribution in [0.2, 0.25) is 0 Å². The zero-order valence-electron chi connectivity index (χ0n) is 9.07. The van der Waals surface area contributed by atoms with Crippen LogP contribution in [0.25, 0.3) is 0 Å². The summed E-state index contributed by atoms with van der Waals surface area (Å²) in [5.41, 5.74) is -0.556. The molecule has 0 aromatic carbocycles. The second kappa shape index (κ2) is 5.17. The van der Waals surface area contributed by atoms with Gasteiger partial charge in [-0.1, -0.05) is 0 Å². The van der Waals surface area contributed by atoms with Gasteiger partial charge in [0.05, 0.1) is 12.2 Å². The van der Waals surface area contributed by atoms with Crippen molar-refractivity contribution in [3.63, 3.8) is 0 Å². The maximum absolute atomic E-state index is 11.1. The molecule has 0 aromatic rings. The second-order valence-electron chi connectivity index (χ2n) is 4.19. The van der Waals surface area contributed by atoms with Gasteiger partial charge in [0.25, 0.3) is 0 Å². The van der Waals surface area contributed by atoms with Gasteiger partial charge < -0.3 is 20.3 Å². The Morgan fingerprint density at radius 3 is 2.29 bits per heavy atom. The van der Waals surface area contributed by atoms with Gasteiger partial charge in [-0.15, -0.1) is 0 Å². The first-order valence-corrected chi connectivity index (χ1v) is 4.55. The number of hydrogen-bond acceptors (Lipinski definition) is 4. The molecule has 0 radical (unpaired) electrons. The van der Waals surface area contributed by atoms with E-state index in [1.807, 2.05) is 0 Å². The first kappa shape index (κ1) is 13.2. The zero-order valence-corrected chi connectivity index (χ0v) is 9.07. The van der Waals surface area contributed by atoms with E-state index < -0.39 is 23.9 Å². The van der Waals surface area contributed by atoms with Gasteiger partial charge in [0.2, 0.25) is 0 Å². The van der Waals surface area contributed by atoms with Crippen LogP contribution in [0.4, 0.5) is 4.79 Å². The van der Waals surface area contributed by atoms with Crippen LogP contribution >= 0.6 is 0 Å². The maximum Gasteiger partial charge on any atom is 0.407 e. The number of carbonyl (C=O) groups is 1. The summed E-state index contributed by atoms with van der Waals surface area (Å²) in [6.45, 7) is 6.67. The molecule has 1 amide bonds. The molecule has 0 fully saturated rings. The monoisotopic (exact) mass is 205 g/mol. The van der Waals surface area contributed by atoms with Crippen molar-refractivity contribution in [1.29, 1.82) is 0 Å². The third-order valence-corrected chi connectivity index (χ3v) is 1.41. The van der Waals surface area contributed by atoms with E-state index in [2.05, 4.69) is 5.32 Å². The first-order chi connectivity index (χ1) is 6.22. The van der Waals surface area contributed by atoms with Gasteiger partial charge >= 0.3 is 6.09 Å². The Morgan fingerprint density at radius 1 is 1.43 bits per heavy atom. The average molecular weight is 205 g/mol. The van der Waals surface area contributed by atoms with Crippen molar-refractivity contribution >= 4 is 6.09 Å². The molecule has 14 heavy (non-hydrogen) atoms. The van der Waals surface area contributed by atoms with Crippen LogP contribution in [-0.2, 0) is 4.74 Å². The van der Waals surface area contributed by atoms with Crippen molar-refractivity contribution < 1.29 is 19.7 Å². The summed E-state index contributed by atoms with van der Waals surface area (Å²) in [4.78, 5) is 11.1. The molecule has 0 heterocycles. The van der Waals surface area contributed by atoms with Gasteiger partial charge in [0.15, 0.2) is 0 Å². The molecular weight excluding hydrogens is 186 g/mol. The Labute approximate surface area is 84.1 Å². The minimum absolute atomic E-state index is 0.0212. The molecule has 5 heteroatoms. The van der Waals surface area contributed by atoms with Gasteiger partial charge in [-0.2, -0.15) is 0 Å². The van der Waals surface area contributed by atoms with Gasteiger partial charge in [-0.05, 0) is 27.7 Å². The number of alkyl carbamates (subject to hydrolysis) is 1. The highest BCUT2D eigenvalue weighted by atomic mass is 16.6. The lowest BCUT2D eigenvalue weighted by Gasteiger charge is -2.21. The van der Waals surface area contributed by atoms with Crippen molar-refractivity contribution in [2.75, 3.05) is 6.54 Å². The SMILES string of the molecule is CC(O)C(O)CNC(=O)OC(C)(C)C. The number of amides is 1. The van der Waals surface area contributed by atoms with Crippen LogP contribution in [0.5, 0.6) is 0 Å². The number of ether oxygens (including phenoxy) is 1. The average Bonchev–Trinajstić information content (AvgIpc) is 1.96. The van der Waals surface area contributed by atoms with Crippen molar-refractivity contribution in [3.05, 3.63) is 0 Å². The number of nitrogens with one attached hydrogen (secondary N) is 1. The lowest BCUT2D eigenvalue weighted by Crippen LogP contribution is -2.40. The highest BCUT2D eigenvalue weighted by Gasteiger charge is 2.17. The molecule has 3 N–H and O–H groups in total. The molecule has 0 spiro atoms. The van der Waals surface area contributed by atoms with E-state index in [0.717, 1.165) is 0 Å². The lowest BCUT2D eigenvalue weighted by molar-refractivity contribution is 0.0227. The maximum atomic E-state index is 11.1. The van der Waals surface area contributed by atoms with E-state index >= 15 is 0 Å². The number of carbonyl (C=O) groups excluding carboxylic acids is 1. The van der Waals surface area contributed by atoms with E-state index in [-0.39, 0.29) is 6.54 Å². The van der Waals surface area contributed by atoms with Crippen LogP contribution in [0, 0.1) is 0 Å². The zero-order chi connectivity index (χ0) is 11.4.